The van der Waals surface area contributed by atoms with Gasteiger partial charge in [-0.25, -0.2) is 15.0 Å². The highest BCUT2D eigenvalue weighted by atomic mass is 35.5. The molecule has 0 radical (unpaired) electrons. The van der Waals surface area contributed by atoms with Crippen LogP contribution in [0, 0.1) is 6.92 Å². The number of halogens is 2. The van der Waals surface area contributed by atoms with Gasteiger partial charge in [0.15, 0.2) is 0 Å². The smallest absolute Gasteiger partial charge is 0.274 e. The third kappa shape index (κ3) is 3.18. The Labute approximate surface area is 147 Å². The highest BCUT2D eigenvalue weighted by molar-refractivity contribution is 7.92. The Balaban J connectivity index is 2.00. The molecule has 0 aliphatic carbocycles. The zero-order valence-electron chi connectivity index (χ0n) is 12.2. The maximum absolute atomic E-state index is 12.5. The summed E-state index contributed by atoms with van der Waals surface area (Å²) in [7, 11) is -4.09. The van der Waals surface area contributed by atoms with Crippen LogP contribution in [0.3, 0.4) is 0 Å². The number of aryl methyl sites for hydroxylation is 1. The largest absolute Gasteiger partial charge is 0.299 e. The molecule has 0 unspecified atom stereocenters. The molecule has 2 aromatic heterocycles. The molecule has 0 atom stereocenters. The van der Waals surface area contributed by atoms with Crippen LogP contribution < -0.4 is 4.72 Å². The number of benzene rings is 1. The van der Waals surface area contributed by atoms with Crippen molar-refractivity contribution in [3.8, 4) is 5.95 Å². The second kappa shape index (κ2) is 6.34. The van der Waals surface area contributed by atoms with Gasteiger partial charge in [-0.05, 0) is 25.1 Å². The van der Waals surface area contributed by atoms with Gasteiger partial charge in [0.2, 0.25) is 0 Å². The Morgan fingerprint density at radius 3 is 2.33 bits per heavy atom. The van der Waals surface area contributed by atoms with Crippen molar-refractivity contribution in [1.82, 2.24) is 24.7 Å². The molecule has 0 aliphatic rings. The predicted molar refractivity (Wildman–Crippen MR) is 89.0 cm³/mol. The number of aromatic nitrogens is 5. The number of nitrogens with one attached hydrogen (secondary N) is 1. The highest BCUT2D eigenvalue weighted by Crippen LogP contribution is 2.31. The summed E-state index contributed by atoms with van der Waals surface area (Å²) in [6.07, 6.45) is 3.03. The van der Waals surface area contributed by atoms with Gasteiger partial charge in [-0.1, -0.05) is 29.3 Å². The molecular formula is C13H10Cl2N6O2S. The van der Waals surface area contributed by atoms with Gasteiger partial charge in [-0.15, -0.1) is 5.10 Å². The van der Waals surface area contributed by atoms with Crippen LogP contribution in [0.2, 0.25) is 10.0 Å². The minimum absolute atomic E-state index is 0.0609. The number of anilines is 1. The van der Waals surface area contributed by atoms with Crippen LogP contribution in [0.25, 0.3) is 5.95 Å². The van der Waals surface area contributed by atoms with Gasteiger partial charge >= 0.3 is 0 Å². The first-order valence-corrected chi connectivity index (χ1v) is 8.80. The van der Waals surface area contributed by atoms with Crippen molar-refractivity contribution in [3.63, 3.8) is 0 Å². The van der Waals surface area contributed by atoms with Gasteiger partial charge in [0, 0.05) is 12.4 Å². The zero-order chi connectivity index (χ0) is 17.3. The van der Waals surface area contributed by atoms with Gasteiger partial charge < -0.3 is 0 Å². The molecule has 1 N–H and O–H groups in total. The summed E-state index contributed by atoms with van der Waals surface area (Å²) in [5.74, 6) is 0.520. The van der Waals surface area contributed by atoms with Crippen molar-refractivity contribution >= 4 is 38.9 Å². The van der Waals surface area contributed by atoms with E-state index >= 15 is 0 Å². The van der Waals surface area contributed by atoms with Crippen molar-refractivity contribution in [2.45, 2.75) is 12.1 Å². The first-order valence-electron chi connectivity index (χ1n) is 6.56. The molecule has 0 amide bonds. The Kier molecular flexibility index (Phi) is 4.39. The lowest BCUT2D eigenvalue weighted by atomic mass is 10.3. The SMILES string of the molecule is Cc1nc(S(=O)(=O)Nc2c(Cl)cccc2Cl)nn1-c1ncccn1. The van der Waals surface area contributed by atoms with Crippen LogP contribution >= 0.6 is 23.2 Å². The summed E-state index contributed by atoms with van der Waals surface area (Å²) < 4.78 is 28.5. The van der Waals surface area contributed by atoms with E-state index in [0.29, 0.717) is 5.82 Å². The Morgan fingerprint density at radius 2 is 1.71 bits per heavy atom. The normalized spacial score (nSPS) is 11.5. The fourth-order valence-corrected chi connectivity index (χ4v) is 3.47. The second-order valence-corrected chi connectivity index (χ2v) is 6.99. The van der Waals surface area contributed by atoms with Crippen molar-refractivity contribution in [3.05, 3.63) is 52.5 Å². The van der Waals surface area contributed by atoms with Crippen molar-refractivity contribution in [1.29, 1.82) is 0 Å². The highest BCUT2D eigenvalue weighted by Gasteiger charge is 2.24. The molecule has 0 spiro atoms. The lowest BCUT2D eigenvalue weighted by Crippen LogP contribution is -2.16. The molecule has 1 aromatic carbocycles. The molecule has 11 heteroatoms. The molecule has 24 heavy (non-hydrogen) atoms. The Hall–Kier alpha value is -2.23. The molecule has 0 bridgehead atoms. The van der Waals surface area contributed by atoms with Crippen LogP contribution in [-0.2, 0) is 10.0 Å². The standard InChI is InChI=1S/C13H10Cl2N6O2S/c1-8-18-13(19-21(8)12-16-6-3-7-17-12)24(22,23)20-11-9(14)4-2-5-10(11)15/h2-7,20H,1H3. The summed E-state index contributed by atoms with van der Waals surface area (Å²) in [6, 6.07) is 6.27. The van der Waals surface area contributed by atoms with E-state index in [2.05, 4.69) is 24.8 Å². The quantitative estimate of drug-likeness (QED) is 0.740. The fraction of sp³-hybridized carbons (Fsp3) is 0.0769. The topological polar surface area (TPSA) is 103 Å². The van der Waals surface area contributed by atoms with Gasteiger partial charge in [0.05, 0.1) is 15.7 Å². The summed E-state index contributed by atoms with van der Waals surface area (Å²) >= 11 is 12.0. The summed E-state index contributed by atoms with van der Waals surface area (Å²) in [5, 5.41) is 3.83. The summed E-state index contributed by atoms with van der Waals surface area (Å²) in [6.45, 7) is 1.59. The Bertz CT molecular complexity index is 971. The van der Waals surface area contributed by atoms with Crippen LogP contribution in [0.1, 0.15) is 5.82 Å². The molecule has 2 heterocycles. The minimum Gasteiger partial charge on any atom is -0.274 e. The summed E-state index contributed by atoms with van der Waals surface area (Å²) in [5.41, 5.74) is 0.0609. The van der Waals surface area contributed by atoms with Gasteiger partial charge in [0.25, 0.3) is 21.1 Å². The van der Waals surface area contributed by atoms with Crippen LogP contribution in [0.5, 0.6) is 0 Å². The van der Waals surface area contributed by atoms with Crippen molar-refractivity contribution in [2.24, 2.45) is 0 Å². The average molecular weight is 385 g/mol. The first-order chi connectivity index (χ1) is 11.4. The molecule has 0 aliphatic heterocycles. The molecule has 3 rings (SSSR count). The van der Waals surface area contributed by atoms with Crippen molar-refractivity contribution in [2.75, 3.05) is 4.72 Å². The van der Waals surface area contributed by atoms with E-state index in [-0.39, 0.29) is 21.7 Å². The first kappa shape index (κ1) is 16.6. The van der Waals surface area contributed by atoms with Crippen LogP contribution in [0.15, 0.2) is 41.8 Å². The number of sulfonamides is 1. The van der Waals surface area contributed by atoms with E-state index < -0.39 is 15.2 Å². The number of rotatable bonds is 4. The monoisotopic (exact) mass is 384 g/mol. The third-order valence-corrected chi connectivity index (χ3v) is 4.69. The van der Waals surface area contributed by atoms with E-state index in [9.17, 15) is 8.42 Å². The number of hydrogen-bond donors (Lipinski definition) is 1. The molecule has 0 saturated carbocycles. The second-order valence-electron chi connectivity index (χ2n) is 4.60. The number of nitrogens with zero attached hydrogens (tertiary/aromatic N) is 5. The molecule has 8 nitrogen and oxygen atoms in total. The van der Waals surface area contributed by atoms with Gasteiger partial charge in [-0.2, -0.15) is 13.1 Å². The van der Waals surface area contributed by atoms with Crippen molar-refractivity contribution < 1.29 is 8.42 Å². The number of hydrogen-bond acceptors (Lipinski definition) is 6. The average Bonchev–Trinajstić information content (AvgIpc) is 2.95. The molecule has 0 saturated heterocycles. The van der Waals surface area contributed by atoms with Crippen LogP contribution in [-0.4, -0.2) is 33.2 Å². The van der Waals surface area contributed by atoms with E-state index in [4.69, 9.17) is 23.2 Å². The number of para-hydroxylation sites is 1. The summed E-state index contributed by atoms with van der Waals surface area (Å²) in [4.78, 5) is 12.0. The maximum Gasteiger partial charge on any atom is 0.299 e. The molecule has 0 fully saturated rings. The lowest BCUT2D eigenvalue weighted by Gasteiger charge is -2.08. The third-order valence-electron chi connectivity index (χ3n) is 2.93. The fourth-order valence-electron chi connectivity index (χ4n) is 1.85. The predicted octanol–water partition coefficient (Wildman–Crippen LogP) is 2.47. The Morgan fingerprint density at radius 1 is 1.08 bits per heavy atom. The van der Waals surface area contributed by atoms with E-state index in [0.717, 1.165) is 0 Å². The maximum atomic E-state index is 12.5. The zero-order valence-corrected chi connectivity index (χ0v) is 14.5. The lowest BCUT2D eigenvalue weighted by molar-refractivity contribution is 0.591. The van der Waals surface area contributed by atoms with E-state index in [1.165, 1.54) is 29.2 Å². The molecule has 124 valence electrons. The van der Waals surface area contributed by atoms with E-state index in [1.54, 1.807) is 19.1 Å². The van der Waals surface area contributed by atoms with Crippen LogP contribution in [0.4, 0.5) is 5.69 Å². The molecule has 3 aromatic rings. The van der Waals surface area contributed by atoms with E-state index in [1.807, 2.05) is 0 Å². The molecular weight excluding hydrogens is 375 g/mol. The van der Waals surface area contributed by atoms with Gasteiger partial charge in [0.1, 0.15) is 5.82 Å². The van der Waals surface area contributed by atoms with Gasteiger partial charge in [-0.3, -0.25) is 4.72 Å². The minimum atomic E-state index is -4.09.